The van der Waals surface area contributed by atoms with E-state index in [2.05, 4.69) is 6.92 Å². The van der Waals surface area contributed by atoms with Crippen LogP contribution in [0.4, 0.5) is 4.79 Å². The van der Waals surface area contributed by atoms with Gasteiger partial charge in [-0.3, -0.25) is 4.79 Å². The third kappa shape index (κ3) is 3.11. The Morgan fingerprint density at radius 1 is 1.20 bits per heavy atom. The van der Waals surface area contributed by atoms with E-state index in [1.54, 1.807) is 16.7 Å². The first kappa shape index (κ1) is 11.8. The van der Waals surface area contributed by atoms with Crippen LogP contribution in [0.3, 0.4) is 0 Å². The fraction of sp³-hybridized carbons (Fsp3) is 0.700. The minimum absolute atomic E-state index is 0.0403. The SMILES string of the molecule is [CH2]CC(=O)N1CCN(C(=O)OCC)CC1. The number of hydrogen-bond acceptors (Lipinski definition) is 3. The summed E-state index contributed by atoms with van der Waals surface area (Å²) >= 11 is 0. The van der Waals surface area contributed by atoms with Crippen LogP contribution in [0.2, 0.25) is 0 Å². The molecule has 1 radical (unpaired) electrons. The third-order valence-corrected chi connectivity index (χ3v) is 2.37. The molecule has 0 N–H and O–H groups in total. The normalized spacial score (nSPS) is 16.4. The fourth-order valence-corrected chi connectivity index (χ4v) is 1.51. The maximum absolute atomic E-state index is 11.3. The molecule has 1 rings (SSSR count). The molecule has 85 valence electrons. The van der Waals surface area contributed by atoms with E-state index in [9.17, 15) is 9.59 Å². The summed E-state index contributed by atoms with van der Waals surface area (Å²) in [6, 6.07) is 0. The quantitative estimate of drug-likeness (QED) is 0.671. The molecular formula is C10H17N2O3. The second-order valence-electron chi connectivity index (χ2n) is 3.32. The summed E-state index contributed by atoms with van der Waals surface area (Å²) in [4.78, 5) is 26.0. The van der Waals surface area contributed by atoms with Crippen molar-refractivity contribution in [2.75, 3.05) is 32.8 Å². The standard InChI is InChI=1S/C10H17N2O3/c1-3-9(13)11-5-7-12(8-6-11)10(14)15-4-2/h1,3-8H2,2H3. The van der Waals surface area contributed by atoms with Crippen LogP contribution in [0.25, 0.3) is 0 Å². The lowest BCUT2D eigenvalue weighted by molar-refractivity contribution is -0.131. The summed E-state index contributed by atoms with van der Waals surface area (Å²) in [5, 5.41) is 0. The first-order chi connectivity index (χ1) is 7.19. The summed E-state index contributed by atoms with van der Waals surface area (Å²) < 4.78 is 4.87. The van der Waals surface area contributed by atoms with Gasteiger partial charge in [0, 0.05) is 32.6 Å². The van der Waals surface area contributed by atoms with E-state index in [1.807, 2.05) is 0 Å². The number of ether oxygens (including phenoxy) is 1. The molecule has 0 aromatic carbocycles. The van der Waals surface area contributed by atoms with Crippen LogP contribution in [-0.4, -0.2) is 54.6 Å². The molecule has 1 aliphatic rings. The Balaban J connectivity index is 2.35. The Labute approximate surface area is 90.0 Å². The fourth-order valence-electron chi connectivity index (χ4n) is 1.51. The van der Waals surface area contributed by atoms with Crippen LogP contribution < -0.4 is 0 Å². The van der Waals surface area contributed by atoms with Crippen molar-refractivity contribution in [3.05, 3.63) is 6.92 Å². The molecule has 1 heterocycles. The molecular weight excluding hydrogens is 196 g/mol. The Hall–Kier alpha value is -1.26. The Morgan fingerprint density at radius 3 is 2.20 bits per heavy atom. The predicted molar refractivity (Wildman–Crippen MR) is 55.1 cm³/mol. The molecule has 0 saturated carbocycles. The zero-order valence-corrected chi connectivity index (χ0v) is 9.07. The van der Waals surface area contributed by atoms with Crippen molar-refractivity contribution in [2.24, 2.45) is 0 Å². The minimum atomic E-state index is -0.292. The van der Waals surface area contributed by atoms with Gasteiger partial charge in [-0.25, -0.2) is 4.79 Å². The van der Waals surface area contributed by atoms with E-state index in [-0.39, 0.29) is 18.4 Å². The molecule has 0 aromatic rings. The summed E-state index contributed by atoms with van der Waals surface area (Å²) in [5.74, 6) is 0.0403. The minimum Gasteiger partial charge on any atom is -0.450 e. The second kappa shape index (κ2) is 5.58. The van der Waals surface area contributed by atoms with E-state index >= 15 is 0 Å². The number of carbonyl (C=O) groups excluding carboxylic acids is 2. The Morgan fingerprint density at radius 2 is 1.73 bits per heavy atom. The van der Waals surface area contributed by atoms with Crippen LogP contribution in [0, 0.1) is 6.92 Å². The lowest BCUT2D eigenvalue weighted by atomic mass is 10.3. The zero-order chi connectivity index (χ0) is 11.3. The van der Waals surface area contributed by atoms with E-state index in [0.29, 0.717) is 32.8 Å². The molecule has 1 aliphatic heterocycles. The largest absolute Gasteiger partial charge is 0.450 e. The molecule has 5 nitrogen and oxygen atoms in total. The van der Waals surface area contributed by atoms with Crippen molar-refractivity contribution in [1.82, 2.24) is 9.80 Å². The summed E-state index contributed by atoms with van der Waals surface area (Å²) in [5.41, 5.74) is 0. The summed E-state index contributed by atoms with van der Waals surface area (Å²) in [7, 11) is 0. The van der Waals surface area contributed by atoms with Gasteiger partial charge in [0.05, 0.1) is 6.61 Å². The van der Waals surface area contributed by atoms with E-state index in [1.165, 1.54) is 0 Å². The lowest BCUT2D eigenvalue weighted by Crippen LogP contribution is -2.50. The highest BCUT2D eigenvalue weighted by Gasteiger charge is 2.23. The van der Waals surface area contributed by atoms with E-state index in [0.717, 1.165) is 0 Å². The van der Waals surface area contributed by atoms with Gasteiger partial charge in [-0.05, 0) is 13.8 Å². The molecule has 5 heteroatoms. The lowest BCUT2D eigenvalue weighted by Gasteiger charge is -2.33. The van der Waals surface area contributed by atoms with Crippen LogP contribution in [0.15, 0.2) is 0 Å². The van der Waals surface area contributed by atoms with Gasteiger partial charge in [-0.15, -0.1) is 0 Å². The van der Waals surface area contributed by atoms with Crippen molar-refractivity contribution in [1.29, 1.82) is 0 Å². The number of rotatable bonds is 2. The van der Waals surface area contributed by atoms with Gasteiger partial charge in [0.15, 0.2) is 0 Å². The van der Waals surface area contributed by atoms with Crippen LogP contribution >= 0.6 is 0 Å². The summed E-state index contributed by atoms with van der Waals surface area (Å²) in [6.07, 6.45) is -0.0152. The van der Waals surface area contributed by atoms with Gasteiger partial charge in [0.25, 0.3) is 0 Å². The van der Waals surface area contributed by atoms with Gasteiger partial charge in [-0.1, -0.05) is 0 Å². The number of carbonyl (C=O) groups is 2. The van der Waals surface area contributed by atoms with Crippen molar-refractivity contribution in [3.63, 3.8) is 0 Å². The maximum atomic E-state index is 11.3. The molecule has 0 bridgehead atoms. The number of nitrogens with zero attached hydrogens (tertiary/aromatic N) is 2. The highest BCUT2D eigenvalue weighted by Crippen LogP contribution is 2.05. The summed E-state index contributed by atoms with van der Waals surface area (Å²) in [6.45, 7) is 7.96. The van der Waals surface area contributed by atoms with Crippen LogP contribution in [0.5, 0.6) is 0 Å². The van der Waals surface area contributed by atoms with E-state index in [4.69, 9.17) is 4.74 Å². The molecule has 0 aromatic heterocycles. The Bertz CT molecular complexity index is 235. The first-order valence-corrected chi connectivity index (χ1v) is 5.17. The average Bonchev–Trinajstić information content (AvgIpc) is 2.28. The smallest absolute Gasteiger partial charge is 0.409 e. The van der Waals surface area contributed by atoms with Crippen molar-refractivity contribution >= 4 is 12.0 Å². The maximum Gasteiger partial charge on any atom is 0.409 e. The molecule has 0 aliphatic carbocycles. The Kier molecular flexibility index (Phi) is 4.39. The van der Waals surface area contributed by atoms with Gasteiger partial charge >= 0.3 is 6.09 Å². The van der Waals surface area contributed by atoms with Crippen LogP contribution in [0.1, 0.15) is 13.3 Å². The van der Waals surface area contributed by atoms with Crippen molar-refractivity contribution < 1.29 is 14.3 Å². The average molecular weight is 213 g/mol. The van der Waals surface area contributed by atoms with Crippen molar-refractivity contribution in [3.8, 4) is 0 Å². The van der Waals surface area contributed by atoms with Gasteiger partial charge < -0.3 is 14.5 Å². The third-order valence-electron chi connectivity index (χ3n) is 2.37. The molecule has 2 amide bonds. The van der Waals surface area contributed by atoms with E-state index < -0.39 is 0 Å². The topological polar surface area (TPSA) is 49.9 Å². The second-order valence-corrected chi connectivity index (χ2v) is 3.32. The van der Waals surface area contributed by atoms with Gasteiger partial charge in [0.2, 0.25) is 5.91 Å². The highest BCUT2D eigenvalue weighted by atomic mass is 16.6. The van der Waals surface area contributed by atoms with Crippen molar-refractivity contribution in [2.45, 2.75) is 13.3 Å². The monoisotopic (exact) mass is 213 g/mol. The number of hydrogen-bond donors (Lipinski definition) is 0. The highest BCUT2D eigenvalue weighted by molar-refractivity contribution is 5.77. The molecule has 15 heavy (non-hydrogen) atoms. The first-order valence-electron chi connectivity index (χ1n) is 5.17. The molecule has 1 saturated heterocycles. The number of piperazine rings is 1. The molecule has 0 spiro atoms. The van der Waals surface area contributed by atoms with Crippen LogP contribution in [-0.2, 0) is 9.53 Å². The molecule has 1 fully saturated rings. The number of amides is 2. The zero-order valence-electron chi connectivity index (χ0n) is 9.07. The molecule has 0 atom stereocenters. The van der Waals surface area contributed by atoms with Gasteiger partial charge in [-0.2, -0.15) is 0 Å². The van der Waals surface area contributed by atoms with Gasteiger partial charge in [0.1, 0.15) is 0 Å². The molecule has 0 unspecified atom stereocenters. The predicted octanol–water partition coefficient (Wildman–Crippen LogP) is 0.511.